The van der Waals surface area contributed by atoms with Gasteiger partial charge in [0.05, 0.1) is 25.8 Å². The summed E-state index contributed by atoms with van der Waals surface area (Å²) in [5.74, 6) is 0.230. The van der Waals surface area contributed by atoms with Crippen molar-refractivity contribution in [1.82, 2.24) is 9.80 Å². The Bertz CT molecular complexity index is 1160. The molecule has 1 saturated heterocycles. The van der Waals surface area contributed by atoms with Gasteiger partial charge in [-0.2, -0.15) is 0 Å². The molecule has 2 aliphatic rings. The number of methoxy groups -OCH3 is 2. The first kappa shape index (κ1) is 23.6. The van der Waals surface area contributed by atoms with E-state index in [0.29, 0.717) is 42.1 Å². The zero-order chi connectivity index (χ0) is 24.6. The third kappa shape index (κ3) is 4.21. The fraction of sp³-hybridized carbons (Fsp3) is 0.385. The van der Waals surface area contributed by atoms with Crippen molar-refractivity contribution in [2.24, 2.45) is 0 Å². The summed E-state index contributed by atoms with van der Waals surface area (Å²) in [5.41, 5.74) is 2.15. The predicted molar refractivity (Wildman–Crippen MR) is 127 cm³/mol. The van der Waals surface area contributed by atoms with Crippen LogP contribution in [0.3, 0.4) is 0 Å². The highest BCUT2D eigenvalue weighted by Gasteiger charge is 2.46. The van der Waals surface area contributed by atoms with Gasteiger partial charge in [0.15, 0.2) is 11.5 Å². The number of carbonyl (C=O) groups is 2. The van der Waals surface area contributed by atoms with E-state index in [2.05, 4.69) is 0 Å². The molecule has 34 heavy (non-hydrogen) atoms. The van der Waals surface area contributed by atoms with Crippen molar-refractivity contribution in [3.63, 3.8) is 0 Å². The second-order valence-corrected chi connectivity index (χ2v) is 8.87. The highest BCUT2D eigenvalue weighted by atomic mass is 16.5. The summed E-state index contributed by atoms with van der Waals surface area (Å²) in [6, 6.07) is 9.83. The Labute approximate surface area is 199 Å². The van der Waals surface area contributed by atoms with Gasteiger partial charge in [0.2, 0.25) is 0 Å². The number of hydrogen-bond acceptors (Lipinski definition) is 7. The Kier molecular flexibility index (Phi) is 6.52. The van der Waals surface area contributed by atoms with Crippen LogP contribution in [0.5, 0.6) is 17.2 Å². The lowest BCUT2D eigenvalue weighted by Gasteiger charge is -2.27. The fourth-order valence-corrected chi connectivity index (χ4v) is 4.51. The predicted octanol–water partition coefficient (Wildman–Crippen LogP) is 3.01. The maximum atomic E-state index is 13.2. The molecule has 0 aromatic heterocycles. The smallest absolute Gasteiger partial charge is 0.295 e. The molecule has 0 aliphatic carbocycles. The van der Waals surface area contributed by atoms with Crippen molar-refractivity contribution in [2.75, 3.05) is 41.4 Å². The minimum Gasteiger partial charge on any atom is -0.507 e. The van der Waals surface area contributed by atoms with Gasteiger partial charge >= 0.3 is 0 Å². The molecular formula is C26H30N2O6. The van der Waals surface area contributed by atoms with Crippen molar-refractivity contribution in [3.8, 4) is 17.2 Å². The fourth-order valence-electron chi connectivity index (χ4n) is 4.51. The molecule has 0 radical (unpaired) electrons. The van der Waals surface area contributed by atoms with Gasteiger partial charge < -0.3 is 29.1 Å². The molecule has 2 atom stereocenters. The van der Waals surface area contributed by atoms with Gasteiger partial charge in [-0.25, -0.2) is 0 Å². The quantitative estimate of drug-likeness (QED) is 0.381. The van der Waals surface area contributed by atoms with Crippen LogP contribution in [0.25, 0.3) is 5.76 Å². The molecule has 0 bridgehead atoms. The molecule has 8 nitrogen and oxygen atoms in total. The van der Waals surface area contributed by atoms with Gasteiger partial charge in [0, 0.05) is 25.1 Å². The molecule has 8 heteroatoms. The Morgan fingerprint density at radius 3 is 2.53 bits per heavy atom. The molecule has 180 valence electrons. The van der Waals surface area contributed by atoms with E-state index in [1.54, 1.807) is 37.4 Å². The molecule has 4 rings (SSSR count). The van der Waals surface area contributed by atoms with E-state index in [4.69, 9.17) is 14.2 Å². The molecule has 2 aromatic rings. The Morgan fingerprint density at radius 1 is 1.12 bits per heavy atom. The lowest BCUT2D eigenvalue weighted by molar-refractivity contribution is -0.140. The van der Waals surface area contributed by atoms with E-state index in [9.17, 15) is 14.7 Å². The molecule has 1 N–H and O–H groups in total. The molecule has 0 saturated carbocycles. The molecule has 2 heterocycles. The van der Waals surface area contributed by atoms with Crippen LogP contribution in [0.1, 0.15) is 29.7 Å². The molecule has 1 fully saturated rings. The number of aliphatic hydroxyl groups excluding tert-OH is 1. The molecule has 1 amide bonds. The number of nitrogens with zero attached hydrogens (tertiary/aromatic N) is 2. The van der Waals surface area contributed by atoms with Crippen LogP contribution in [0, 0.1) is 0 Å². The Hall–Kier alpha value is -3.52. The molecular weight excluding hydrogens is 436 g/mol. The van der Waals surface area contributed by atoms with Crippen molar-refractivity contribution in [2.45, 2.75) is 25.5 Å². The minimum absolute atomic E-state index is 0.0516. The van der Waals surface area contributed by atoms with E-state index in [1.807, 2.05) is 32.0 Å². The van der Waals surface area contributed by atoms with Crippen LogP contribution >= 0.6 is 0 Å². The van der Waals surface area contributed by atoms with E-state index in [-0.39, 0.29) is 17.4 Å². The SMILES string of the molecule is COc1ccc(C2/C(=C(/O)c3ccc4c(c3)CC(C)O4)C(=O)C(=O)N2CCN(C)C)cc1OC. The van der Waals surface area contributed by atoms with Gasteiger partial charge in [-0.1, -0.05) is 6.07 Å². The van der Waals surface area contributed by atoms with E-state index >= 15 is 0 Å². The summed E-state index contributed by atoms with van der Waals surface area (Å²) in [6.45, 7) is 2.86. The number of likely N-dealkylation sites (N-methyl/N-ethyl adjacent to an activating group) is 1. The van der Waals surface area contributed by atoms with E-state index in [0.717, 1.165) is 11.3 Å². The lowest BCUT2D eigenvalue weighted by atomic mass is 9.94. The van der Waals surface area contributed by atoms with E-state index in [1.165, 1.54) is 12.0 Å². The van der Waals surface area contributed by atoms with Crippen LogP contribution in [0.2, 0.25) is 0 Å². The lowest BCUT2D eigenvalue weighted by Crippen LogP contribution is -2.35. The number of ether oxygens (including phenoxy) is 3. The molecule has 0 spiro atoms. The minimum atomic E-state index is -0.761. The standard InChI is InChI=1S/C26H30N2O6/c1-15-12-18-13-17(7-8-19(18)34-15)24(29)22-23(16-6-9-20(32-4)21(14-16)33-5)28(11-10-27(2)3)26(31)25(22)30/h6-9,13-15,23,29H,10-12H2,1-5H3/b24-22-. The largest absolute Gasteiger partial charge is 0.507 e. The number of likely N-dealkylation sites (tertiary alicyclic amines) is 1. The number of Topliss-reactive ketones (excluding diaryl/α,β-unsaturated/α-hetero) is 1. The number of rotatable bonds is 7. The molecule has 2 aromatic carbocycles. The van der Waals surface area contributed by atoms with Gasteiger partial charge in [-0.15, -0.1) is 0 Å². The molecule has 2 aliphatic heterocycles. The third-order valence-corrected chi connectivity index (χ3v) is 6.22. The summed E-state index contributed by atoms with van der Waals surface area (Å²) in [4.78, 5) is 29.8. The first-order valence-corrected chi connectivity index (χ1v) is 11.2. The number of carbonyl (C=O) groups excluding carboxylic acids is 2. The normalized spacial score (nSPS) is 21.1. The number of hydrogen-bond donors (Lipinski definition) is 1. The van der Waals surface area contributed by atoms with Crippen LogP contribution in [0.4, 0.5) is 0 Å². The average molecular weight is 467 g/mol. The first-order valence-electron chi connectivity index (χ1n) is 11.2. The van der Waals surface area contributed by atoms with Crippen LogP contribution in [-0.2, 0) is 16.0 Å². The Balaban J connectivity index is 1.84. The number of fused-ring (bicyclic) bond motifs is 1. The maximum absolute atomic E-state index is 13.2. The second-order valence-electron chi connectivity index (χ2n) is 8.87. The maximum Gasteiger partial charge on any atom is 0.295 e. The number of ketones is 1. The van der Waals surface area contributed by atoms with Crippen LogP contribution in [-0.4, -0.2) is 74.1 Å². The second kappa shape index (κ2) is 9.38. The first-order chi connectivity index (χ1) is 16.2. The topological polar surface area (TPSA) is 88.5 Å². The zero-order valence-electron chi connectivity index (χ0n) is 20.1. The third-order valence-electron chi connectivity index (χ3n) is 6.22. The number of aliphatic hydroxyl groups is 1. The van der Waals surface area contributed by atoms with Crippen molar-refractivity contribution in [1.29, 1.82) is 0 Å². The zero-order valence-corrected chi connectivity index (χ0v) is 20.1. The summed E-state index contributed by atoms with van der Waals surface area (Å²) in [7, 11) is 6.86. The summed E-state index contributed by atoms with van der Waals surface area (Å²) >= 11 is 0. The summed E-state index contributed by atoms with van der Waals surface area (Å²) < 4.78 is 16.6. The van der Waals surface area contributed by atoms with Crippen LogP contribution in [0.15, 0.2) is 42.0 Å². The highest BCUT2D eigenvalue weighted by molar-refractivity contribution is 6.46. The number of benzene rings is 2. The van der Waals surface area contributed by atoms with Crippen molar-refractivity contribution in [3.05, 3.63) is 58.7 Å². The van der Waals surface area contributed by atoms with Crippen LogP contribution < -0.4 is 14.2 Å². The molecule has 2 unspecified atom stereocenters. The van der Waals surface area contributed by atoms with Gasteiger partial charge in [-0.05, 0) is 62.5 Å². The monoisotopic (exact) mass is 466 g/mol. The Morgan fingerprint density at radius 2 is 1.85 bits per heavy atom. The highest BCUT2D eigenvalue weighted by Crippen LogP contribution is 2.42. The summed E-state index contributed by atoms with van der Waals surface area (Å²) in [6.07, 6.45) is 0.767. The van der Waals surface area contributed by atoms with Gasteiger partial charge in [0.1, 0.15) is 17.6 Å². The average Bonchev–Trinajstić information content (AvgIpc) is 3.32. The van der Waals surface area contributed by atoms with Crippen molar-refractivity contribution >= 4 is 17.4 Å². The summed E-state index contributed by atoms with van der Waals surface area (Å²) in [5, 5.41) is 11.3. The van der Waals surface area contributed by atoms with E-state index < -0.39 is 17.7 Å². The number of amides is 1. The van der Waals surface area contributed by atoms with Gasteiger partial charge in [-0.3, -0.25) is 9.59 Å². The van der Waals surface area contributed by atoms with Crippen molar-refractivity contribution < 1.29 is 28.9 Å². The van der Waals surface area contributed by atoms with Gasteiger partial charge in [0.25, 0.3) is 11.7 Å².